The van der Waals surface area contributed by atoms with Crippen LogP contribution in [-0.4, -0.2) is 68.3 Å². The van der Waals surface area contributed by atoms with E-state index >= 15 is 0 Å². The topological polar surface area (TPSA) is 140 Å². The van der Waals surface area contributed by atoms with Crippen molar-refractivity contribution in [1.82, 2.24) is 9.88 Å². The van der Waals surface area contributed by atoms with Gasteiger partial charge in [-0.15, -0.1) is 11.3 Å². The van der Waals surface area contributed by atoms with Gasteiger partial charge in [0.05, 0.1) is 30.2 Å². The number of ether oxygens (including phenoxy) is 1. The van der Waals surface area contributed by atoms with Crippen molar-refractivity contribution in [3.8, 4) is 11.5 Å². The summed E-state index contributed by atoms with van der Waals surface area (Å²) in [4.78, 5) is 29.7. The fraction of sp³-hybridized carbons (Fsp3) is 0.389. The maximum absolute atomic E-state index is 12.3. The summed E-state index contributed by atoms with van der Waals surface area (Å²) < 4.78 is 5.69. The van der Waals surface area contributed by atoms with Gasteiger partial charge in [0.1, 0.15) is 23.2 Å². The predicted octanol–water partition coefficient (Wildman–Crippen LogP) is 0.703. The van der Waals surface area contributed by atoms with Gasteiger partial charge in [0.25, 0.3) is 0 Å². The van der Waals surface area contributed by atoms with Crippen LogP contribution in [0.2, 0.25) is 6.32 Å². The number of carboxylic acids is 1. The van der Waals surface area contributed by atoms with Crippen molar-refractivity contribution in [1.29, 1.82) is 0 Å². The minimum absolute atomic E-state index is 0.00974. The minimum Gasteiger partial charge on any atom is -0.507 e. The van der Waals surface area contributed by atoms with Crippen molar-refractivity contribution in [2.45, 2.75) is 32.2 Å². The molecule has 9 nitrogen and oxygen atoms in total. The molecule has 11 heteroatoms. The smallest absolute Gasteiger partial charge is 0.451 e. The Bertz CT molecular complexity index is 912. The van der Waals surface area contributed by atoms with Crippen LogP contribution in [0.5, 0.6) is 11.5 Å². The standard InChI is InChI=1S/C18H21BN2O7S/c1-10-20-12(9-29-10)6-15(22)21-7-13(8-21)28-14-3-2-11(4-5-19(26)27)17(23)16(14)18(24)25/h2-3,9,13,23,26-27H,4-8H2,1H3,(H,24,25). The molecule has 3 rings (SSSR count). The Morgan fingerprint density at radius 2 is 2.07 bits per heavy atom. The van der Waals surface area contributed by atoms with E-state index < -0.39 is 18.8 Å². The van der Waals surface area contributed by atoms with E-state index in [9.17, 15) is 19.8 Å². The van der Waals surface area contributed by atoms with E-state index in [4.69, 9.17) is 14.8 Å². The summed E-state index contributed by atoms with van der Waals surface area (Å²) in [5.41, 5.74) is 0.632. The second-order valence-corrected chi connectivity index (χ2v) is 7.91. The Balaban J connectivity index is 1.61. The summed E-state index contributed by atoms with van der Waals surface area (Å²) in [5.74, 6) is -1.87. The molecule has 0 bridgehead atoms. The molecule has 0 aliphatic carbocycles. The molecule has 2 aromatic rings. The van der Waals surface area contributed by atoms with E-state index in [0.29, 0.717) is 13.1 Å². The van der Waals surface area contributed by atoms with Crippen molar-refractivity contribution in [2.75, 3.05) is 13.1 Å². The quantitative estimate of drug-likeness (QED) is 0.458. The number of aromatic hydroxyl groups is 1. The van der Waals surface area contributed by atoms with Crippen LogP contribution >= 0.6 is 11.3 Å². The zero-order valence-electron chi connectivity index (χ0n) is 15.7. The zero-order chi connectivity index (χ0) is 21.1. The normalized spacial score (nSPS) is 13.8. The summed E-state index contributed by atoms with van der Waals surface area (Å²) >= 11 is 1.48. The highest BCUT2D eigenvalue weighted by Gasteiger charge is 2.34. The summed E-state index contributed by atoms with van der Waals surface area (Å²) in [5, 5.41) is 40.4. The number of aryl methyl sites for hydroxylation is 2. The molecule has 1 aromatic heterocycles. The molecule has 154 valence electrons. The highest BCUT2D eigenvalue weighted by Crippen LogP contribution is 2.34. The van der Waals surface area contributed by atoms with Crippen LogP contribution in [0.1, 0.15) is 26.6 Å². The monoisotopic (exact) mass is 420 g/mol. The third-order valence-corrected chi connectivity index (χ3v) is 5.42. The number of phenols is 1. The fourth-order valence-corrected chi connectivity index (χ4v) is 3.67. The van der Waals surface area contributed by atoms with Crippen LogP contribution in [0, 0.1) is 6.92 Å². The molecule has 0 unspecified atom stereocenters. The van der Waals surface area contributed by atoms with Crippen LogP contribution in [-0.2, 0) is 17.6 Å². The number of carbonyl (C=O) groups is 2. The van der Waals surface area contributed by atoms with Gasteiger partial charge >= 0.3 is 13.1 Å². The third-order valence-electron chi connectivity index (χ3n) is 4.60. The van der Waals surface area contributed by atoms with E-state index in [-0.39, 0.29) is 48.0 Å². The lowest BCUT2D eigenvalue weighted by Gasteiger charge is -2.39. The zero-order valence-corrected chi connectivity index (χ0v) is 16.6. The third kappa shape index (κ3) is 5.05. The predicted molar refractivity (Wildman–Crippen MR) is 105 cm³/mol. The maximum Gasteiger partial charge on any atom is 0.451 e. The lowest BCUT2D eigenvalue weighted by Crippen LogP contribution is -2.56. The van der Waals surface area contributed by atoms with E-state index in [1.807, 2.05) is 12.3 Å². The summed E-state index contributed by atoms with van der Waals surface area (Å²) in [6.07, 6.45) is -0.0979. The molecule has 1 aromatic carbocycles. The van der Waals surface area contributed by atoms with Crippen LogP contribution in [0.25, 0.3) is 0 Å². The first kappa shape index (κ1) is 21.1. The number of hydrogen-bond donors (Lipinski definition) is 4. The van der Waals surface area contributed by atoms with Gasteiger partial charge in [-0.25, -0.2) is 9.78 Å². The number of aromatic carboxylic acids is 1. The largest absolute Gasteiger partial charge is 0.507 e. The molecule has 1 aliphatic rings. The SMILES string of the molecule is Cc1nc(CC(=O)N2CC(Oc3ccc(CCB(O)O)c(O)c3C(=O)O)C2)cs1. The van der Waals surface area contributed by atoms with Gasteiger partial charge in [-0.2, -0.15) is 0 Å². The summed E-state index contributed by atoms with van der Waals surface area (Å²) in [6.45, 7) is 2.51. The summed E-state index contributed by atoms with van der Waals surface area (Å²) in [7, 11) is -1.55. The van der Waals surface area contributed by atoms with Gasteiger partial charge in [0.2, 0.25) is 5.91 Å². The van der Waals surface area contributed by atoms with E-state index in [2.05, 4.69) is 4.98 Å². The number of hydrogen-bond acceptors (Lipinski definition) is 8. The van der Waals surface area contributed by atoms with Crippen LogP contribution < -0.4 is 4.74 Å². The van der Waals surface area contributed by atoms with E-state index in [1.165, 1.54) is 23.5 Å². The fourth-order valence-electron chi connectivity index (χ4n) is 3.06. The number of carbonyl (C=O) groups excluding carboxylic acids is 1. The van der Waals surface area contributed by atoms with Gasteiger partial charge in [-0.3, -0.25) is 4.79 Å². The maximum atomic E-state index is 12.3. The van der Waals surface area contributed by atoms with Crippen molar-refractivity contribution in [3.63, 3.8) is 0 Å². The van der Waals surface area contributed by atoms with Gasteiger partial charge in [-0.1, -0.05) is 6.07 Å². The van der Waals surface area contributed by atoms with Crippen molar-refractivity contribution < 1.29 is 34.6 Å². The molecule has 0 saturated carbocycles. The number of rotatable bonds is 8. The van der Waals surface area contributed by atoms with Gasteiger partial charge in [-0.05, 0) is 31.3 Å². The number of likely N-dealkylation sites (tertiary alicyclic amines) is 1. The van der Waals surface area contributed by atoms with Crippen molar-refractivity contribution in [3.05, 3.63) is 39.3 Å². The lowest BCUT2D eigenvalue weighted by atomic mass is 9.82. The Hall–Kier alpha value is -2.63. The van der Waals surface area contributed by atoms with E-state index in [0.717, 1.165) is 10.7 Å². The molecule has 1 amide bonds. The number of nitrogens with zero attached hydrogens (tertiary/aromatic N) is 2. The van der Waals surface area contributed by atoms with Gasteiger partial charge in [0, 0.05) is 5.38 Å². The van der Waals surface area contributed by atoms with Crippen LogP contribution in [0.15, 0.2) is 17.5 Å². The molecular formula is C18H21BN2O7S. The molecule has 29 heavy (non-hydrogen) atoms. The molecule has 1 aliphatic heterocycles. The van der Waals surface area contributed by atoms with Crippen LogP contribution in [0.4, 0.5) is 0 Å². The molecule has 2 heterocycles. The first-order chi connectivity index (χ1) is 13.7. The Morgan fingerprint density at radius 1 is 1.34 bits per heavy atom. The molecule has 4 N–H and O–H groups in total. The van der Waals surface area contributed by atoms with Crippen molar-refractivity contribution >= 4 is 30.3 Å². The molecule has 1 saturated heterocycles. The number of benzene rings is 1. The molecule has 0 atom stereocenters. The molecular weight excluding hydrogens is 399 g/mol. The highest BCUT2D eigenvalue weighted by atomic mass is 32.1. The highest BCUT2D eigenvalue weighted by molar-refractivity contribution is 7.09. The first-order valence-electron chi connectivity index (χ1n) is 9.04. The minimum atomic E-state index is -1.55. The number of amides is 1. The molecule has 1 fully saturated rings. The Labute approximate surface area is 171 Å². The summed E-state index contributed by atoms with van der Waals surface area (Å²) in [6, 6.07) is 2.93. The number of aromatic nitrogens is 1. The van der Waals surface area contributed by atoms with Gasteiger partial charge < -0.3 is 29.9 Å². The second kappa shape index (κ2) is 8.81. The van der Waals surface area contributed by atoms with Crippen molar-refractivity contribution in [2.24, 2.45) is 0 Å². The first-order valence-corrected chi connectivity index (χ1v) is 9.92. The Morgan fingerprint density at radius 3 is 2.66 bits per heavy atom. The molecule has 0 spiro atoms. The van der Waals surface area contributed by atoms with E-state index in [1.54, 1.807) is 4.90 Å². The molecule has 0 radical (unpaired) electrons. The number of thiazole rings is 1. The lowest BCUT2D eigenvalue weighted by molar-refractivity contribution is -0.139. The average Bonchev–Trinajstić information content (AvgIpc) is 3.00. The second-order valence-electron chi connectivity index (χ2n) is 6.84. The van der Waals surface area contributed by atoms with Crippen LogP contribution in [0.3, 0.4) is 0 Å². The number of carboxylic acid groups (broad SMARTS) is 1. The van der Waals surface area contributed by atoms with Gasteiger partial charge in [0.15, 0.2) is 0 Å². The average molecular weight is 420 g/mol. The Kier molecular flexibility index (Phi) is 6.41.